The Balaban J connectivity index is 1.71. The van der Waals surface area contributed by atoms with Crippen LogP contribution in [0.15, 0.2) is 30.7 Å². The maximum atomic E-state index is 4.36. The van der Waals surface area contributed by atoms with Crippen LogP contribution in [0.1, 0.15) is 10.0 Å². The minimum atomic E-state index is 0.787. The van der Waals surface area contributed by atoms with Gasteiger partial charge < -0.3 is 5.32 Å². The summed E-state index contributed by atoms with van der Waals surface area (Å²) in [5, 5.41) is 15.7. The lowest BCUT2D eigenvalue weighted by Gasteiger charge is -2.06. The van der Waals surface area contributed by atoms with Crippen LogP contribution in [0.4, 0.5) is 5.82 Å². The van der Waals surface area contributed by atoms with E-state index in [4.69, 9.17) is 0 Å². The van der Waals surface area contributed by atoms with E-state index in [0.29, 0.717) is 0 Å². The number of fused-ring (bicyclic) bond motifs is 1. The molecule has 0 radical (unpaired) electrons. The maximum Gasteiger partial charge on any atom is 0.135 e. The van der Waals surface area contributed by atoms with Crippen molar-refractivity contribution < 1.29 is 0 Å². The molecule has 0 aliphatic heterocycles. The minimum Gasteiger partial charge on any atom is -0.369 e. The summed E-state index contributed by atoms with van der Waals surface area (Å²) in [5.74, 6) is 0.867. The first-order chi connectivity index (χ1) is 9.33. The summed E-state index contributed by atoms with van der Waals surface area (Å²) in [5.41, 5.74) is 0. The predicted octanol–water partition coefficient (Wildman–Crippen LogP) is 2.44. The van der Waals surface area contributed by atoms with Crippen LogP contribution < -0.4 is 5.32 Å². The molecule has 0 fully saturated rings. The molecule has 3 aromatic rings. The first-order valence-electron chi connectivity index (χ1n) is 6.04. The Labute approximate surface area is 114 Å². The third-order valence-corrected chi connectivity index (χ3v) is 3.67. The van der Waals surface area contributed by atoms with Gasteiger partial charge in [-0.3, -0.25) is 4.98 Å². The number of anilines is 1. The van der Waals surface area contributed by atoms with Crippen LogP contribution in [-0.4, -0.2) is 26.7 Å². The highest BCUT2D eigenvalue weighted by molar-refractivity contribution is 7.11. The van der Waals surface area contributed by atoms with Crippen molar-refractivity contribution in [2.75, 3.05) is 11.9 Å². The molecule has 0 bridgehead atoms. The molecule has 0 saturated heterocycles. The van der Waals surface area contributed by atoms with Crippen LogP contribution in [0.3, 0.4) is 0 Å². The van der Waals surface area contributed by atoms with E-state index in [9.17, 15) is 0 Å². The predicted molar refractivity (Wildman–Crippen MR) is 76.4 cm³/mol. The number of nitrogens with one attached hydrogen (secondary N) is 1. The number of hydrogen-bond acceptors (Lipinski definition) is 6. The molecule has 0 atom stereocenters. The van der Waals surface area contributed by atoms with E-state index in [1.807, 2.05) is 25.3 Å². The van der Waals surface area contributed by atoms with E-state index in [0.717, 1.165) is 39.6 Å². The topological polar surface area (TPSA) is 63.6 Å². The van der Waals surface area contributed by atoms with Crippen LogP contribution in [0, 0.1) is 6.92 Å². The molecule has 3 rings (SSSR count). The average molecular weight is 271 g/mol. The number of aromatic nitrogens is 4. The van der Waals surface area contributed by atoms with Crippen LogP contribution in [0.2, 0.25) is 0 Å². The second kappa shape index (κ2) is 5.27. The minimum absolute atomic E-state index is 0.787. The van der Waals surface area contributed by atoms with Gasteiger partial charge in [0.2, 0.25) is 0 Å². The van der Waals surface area contributed by atoms with E-state index in [1.165, 1.54) is 0 Å². The average Bonchev–Trinajstić information content (AvgIpc) is 2.85. The molecule has 5 nitrogen and oxygen atoms in total. The van der Waals surface area contributed by atoms with Crippen molar-refractivity contribution in [1.82, 2.24) is 20.2 Å². The van der Waals surface area contributed by atoms with Gasteiger partial charge in [-0.1, -0.05) is 0 Å². The fraction of sp³-hybridized carbons (Fsp3) is 0.231. The number of pyridine rings is 2. The molecule has 1 N–H and O–H groups in total. The van der Waals surface area contributed by atoms with Crippen molar-refractivity contribution in [2.45, 2.75) is 13.3 Å². The normalized spacial score (nSPS) is 10.8. The van der Waals surface area contributed by atoms with Crippen LogP contribution in [0.5, 0.6) is 0 Å². The highest BCUT2D eigenvalue weighted by Gasteiger charge is 2.03. The Morgan fingerprint density at radius 2 is 2.11 bits per heavy atom. The quantitative estimate of drug-likeness (QED) is 0.789. The summed E-state index contributed by atoms with van der Waals surface area (Å²) in [4.78, 5) is 8.50. The monoisotopic (exact) mass is 271 g/mol. The van der Waals surface area contributed by atoms with Crippen LogP contribution >= 0.6 is 11.3 Å². The Bertz CT molecular complexity index is 689. The maximum absolute atomic E-state index is 4.36. The van der Waals surface area contributed by atoms with Crippen molar-refractivity contribution in [1.29, 1.82) is 0 Å². The van der Waals surface area contributed by atoms with Crippen LogP contribution in [-0.2, 0) is 6.42 Å². The molecule has 0 unspecified atom stereocenters. The zero-order chi connectivity index (χ0) is 13.1. The molecule has 19 heavy (non-hydrogen) atoms. The molecule has 3 heterocycles. The van der Waals surface area contributed by atoms with Gasteiger partial charge in [-0.05, 0) is 24.4 Å². The highest BCUT2D eigenvalue weighted by Crippen LogP contribution is 2.19. The molecule has 0 saturated carbocycles. The second-order valence-electron chi connectivity index (χ2n) is 4.15. The Morgan fingerprint density at radius 1 is 1.21 bits per heavy atom. The van der Waals surface area contributed by atoms with Gasteiger partial charge in [0.25, 0.3) is 0 Å². The second-order valence-corrected chi connectivity index (χ2v) is 5.41. The number of aryl methyl sites for hydroxylation is 1. The summed E-state index contributed by atoms with van der Waals surface area (Å²) >= 11 is 1.63. The molecule has 0 aliphatic carbocycles. The van der Waals surface area contributed by atoms with Gasteiger partial charge in [-0.2, -0.15) is 0 Å². The number of rotatable bonds is 4. The molecular formula is C13H13N5S. The van der Waals surface area contributed by atoms with E-state index >= 15 is 0 Å². The zero-order valence-corrected chi connectivity index (χ0v) is 11.3. The number of hydrogen-bond donors (Lipinski definition) is 1. The fourth-order valence-electron chi connectivity index (χ4n) is 1.88. The number of nitrogens with zero attached hydrogens (tertiary/aromatic N) is 4. The van der Waals surface area contributed by atoms with Crippen molar-refractivity contribution in [3.05, 3.63) is 40.7 Å². The summed E-state index contributed by atoms with van der Waals surface area (Å²) in [6.45, 7) is 2.75. The third-order valence-electron chi connectivity index (χ3n) is 2.77. The Morgan fingerprint density at radius 3 is 2.95 bits per heavy atom. The molecule has 0 amide bonds. The fourth-order valence-corrected chi connectivity index (χ4v) is 2.59. The zero-order valence-electron chi connectivity index (χ0n) is 10.5. The van der Waals surface area contributed by atoms with Gasteiger partial charge in [0, 0.05) is 36.9 Å². The van der Waals surface area contributed by atoms with E-state index in [2.05, 4.69) is 25.5 Å². The SMILES string of the molecule is Cc1nnc(CCNc2nccc3ccncc23)s1. The van der Waals surface area contributed by atoms with Gasteiger partial charge in [0.15, 0.2) is 0 Å². The van der Waals surface area contributed by atoms with E-state index in [1.54, 1.807) is 23.7 Å². The van der Waals surface area contributed by atoms with Crippen molar-refractivity contribution in [3.63, 3.8) is 0 Å². The molecule has 3 aromatic heterocycles. The van der Waals surface area contributed by atoms with Crippen molar-refractivity contribution in [3.8, 4) is 0 Å². The summed E-state index contributed by atoms with van der Waals surface area (Å²) < 4.78 is 0. The third kappa shape index (κ3) is 2.68. The first kappa shape index (κ1) is 12.0. The molecule has 0 aliphatic rings. The van der Waals surface area contributed by atoms with Crippen molar-refractivity contribution in [2.24, 2.45) is 0 Å². The van der Waals surface area contributed by atoms with Gasteiger partial charge in [-0.25, -0.2) is 4.98 Å². The highest BCUT2D eigenvalue weighted by atomic mass is 32.1. The Kier molecular flexibility index (Phi) is 3.33. The lowest BCUT2D eigenvalue weighted by molar-refractivity contribution is 0.927. The summed E-state index contributed by atoms with van der Waals surface area (Å²) in [6.07, 6.45) is 6.28. The molecule has 96 valence electrons. The van der Waals surface area contributed by atoms with Gasteiger partial charge in [-0.15, -0.1) is 21.5 Å². The largest absolute Gasteiger partial charge is 0.369 e. The van der Waals surface area contributed by atoms with Crippen molar-refractivity contribution >= 4 is 27.9 Å². The molecule has 6 heteroatoms. The first-order valence-corrected chi connectivity index (χ1v) is 6.86. The molecule has 0 spiro atoms. The smallest absolute Gasteiger partial charge is 0.135 e. The summed E-state index contributed by atoms with van der Waals surface area (Å²) in [7, 11) is 0. The van der Waals surface area contributed by atoms with Gasteiger partial charge in [0.05, 0.1) is 0 Å². The van der Waals surface area contributed by atoms with E-state index < -0.39 is 0 Å². The Hall–Kier alpha value is -2.08. The van der Waals surface area contributed by atoms with Gasteiger partial charge in [0.1, 0.15) is 15.8 Å². The molecular weight excluding hydrogens is 258 g/mol. The van der Waals surface area contributed by atoms with E-state index in [-0.39, 0.29) is 0 Å². The lowest BCUT2D eigenvalue weighted by atomic mass is 10.2. The van der Waals surface area contributed by atoms with Gasteiger partial charge >= 0.3 is 0 Å². The summed E-state index contributed by atoms with van der Waals surface area (Å²) in [6, 6.07) is 3.96. The standard InChI is InChI=1S/C13H13N5S/c1-9-17-18-12(19-9)4-7-16-13-11-8-14-5-2-10(11)3-6-15-13/h2-3,5-6,8H,4,7H2,1H3,(H,15,16). The lowest BCUT2D eigenvalue weighted by Crippen LogP contribution is -2.06. The van der Waals surface area contributed by atoms with Crippen LogP contribution in [0.25, 0.3) is 10.8 Å². The molecule has 0 aromatic carbocycles.